The van der Waals surface area contributed by atoms with Crippen LogP contribution < -0.4 is 5.73 Å². The molecule has 2 rings (SSSR count). The molecule has 1 aromatic carbocycles. The molecule has 4 heteroatoms. The van der Waals surface area contributed by atoms with Crippen molar-refractivity contribution in [3.8, 4) is 0 Å². The minimum Gasteiger partial charge on any atom is -0.364 e. The molecule has 3 nitrogen and oxygen atoms in total. The fourth-order valence-corrected chi connectivity index (χ4v) is 1.61. The number of nitrogens with two attached hydrogens (primary N) is 1. The zero-order valence-corrected chi connectivity index (χ0v) is 8.56. The van der Waals surface area contributed by atoms with E-state index in [1.54, 1.807) is 35.0 Å². The normalized spacial score (nSPS) is 10.3. The predicted octanol–water partition coefficient (Wildman–Crippen LogP) is 1.77. The average Bonchev–Trinajstić information content (AvgIpc) is 2.66. The lowest BCUT2D eigenvalue weighted by Gasteiger charge is -2.06. The average molecular weight is 218 g/mol. The van der Waals surface area contributed by atoms with E-state index in [0.717, 1.165) is 5.56 Å². The lowest BCUT2D eigenvalue weighted by molar-refractivity contribution is 0.0992. The minimum atomic E-state index is -0.485. The van der Waals surface area contributed by atoms with Gasteiger partial charge in [-0.25, -0.2) is 4.39 Å². The Morgan fingerprint density at radius 1 is 1.31 bits per heavy atom. The van der Waals surface area contributed by atoms with E-state index in [4.69, 9.17) is 5.73 Å². The van der Waals surface area contributed by atoms with E-state index < -0.39 is 5.91 Å². The van der Waals surface area contributed by atoms with Gasteiger partial charge in [0, 0.05) is 12.7 Å². The van der Waals surface area contributed by atoms with Gasteiger partial charge in [-0.15, -0.1) is 0 Å². The molecule has 0 spiro atoms. The lowest BCUT2D eigenvalue weighted by Crippen LogP contribution is -2.16. The molecular formula is C12H11FN2O. The van der Waals surface area contributed by atoms with Crippen LogP contribution in [0.4, 0.5) is 4.39 Å². The molecule has 1 aromatic heterocycles. The second-order valence-electron chi connectivity index (χ2n) is 3.52. The van der Waals surface area contributed by atoms with Gasteiger partial charge >= 0.3 is 0 Å². The van der Waals surface area contributed by atoms with E-state index in [-0.39, 0.29) is 5.82 Å². The van der Waals surface area contributed by atoms with E-state index in [1.165, 1.54) is 12.1 Å². The highest BCUT2D eigenvalue weighted by Gasteiger charge is 2.06. The number of nitrogens with zero attached hydrogens (tertiary/aromatic N) is 1. The van der Waals surface area contributed by atoms with Gasteiger partial charge < -0.3 is 10.3 Å². The highest BCUT2D eigenvalue weighted by molar-refractivity contribution is 5.91. The number of carbonyl (C=O) groups is 1. The molecule has 0 saturated heterocycles. The highest BCUT2D eigenvalue weighted by atomic mass is 19.1. The molecule has 0 saturated carbocycles. The fraction of sp³-hybridized carbons (Fsp3) is 0.0833. The van der Waals surface area contributed by atoms with Crippen molar-refractivity contribution in [3.63, 3.8) is 0 Å². The first-order valence-electron chi connectivity index (χ1n) is 4.86. The second kappa shape index (κ2) is 4.18. The van der Waals surface area contributed by atoms with Gasteiger partial charge in [-0.3, -0.25) is 4.79 Å². The van der Waals surface area contributed by atoms with Crippen LogP contribution in [0.25, 0.3) is 0 Å². The van der Waals surface area contributed by atoms with Crippen LogP contribution in [0.5, 0.6) is 0 Å². The number of hydrogen-bond acceptors (Lipinski definition) is 1. The van der Waals surface area contributed by atoms with Crippen LogP contribution in [-0.4, -0.2) is 10.5 Å². The van der Waals surface area contributed by atoms with E-state index in [2.05, 4.69) is 0 Å². The van der Waals surface area contributed by atoms with E-state index in [0.29, 0.717) is 12.2 Å². The third-order valence-corrected chi connectivity index (χ3v) is 2.32. The summed E-state index contributed by atoms with van der Waals surface area (Å²) in [5.74, 6) is -0.772. The number of hydrogen-bond donors (Lipinski definition) is 1. The first-order chi connectivity index (χ1) is 7.66. The Kier molecular flexibility index (Phi) is 2.72. The summed E-state index contributed by atoms with van der Waals surface area (Å²) in [6.07, 6.45) is 1.74. The summed E-state index contributed by atoms with van der Waals surface area (Å²) < 4.78 is 14.6. The topological polar surface area (TPSA) is 48.0 Å². The number of halogens is 1. The maximum absolute atomic E-state index is 13.0. The van der Waals surface area contributed by atoms with E-state index in [9.17, 15) is 9.18 Å². The van der Waals surface area contributed by atoms with E-state index >= 15 is 0 Å². The number of aromatic nitrogens is 1. The molecule has 0 aliphatic carbocycles. The smallest absolute Gasteiger partial charge is 0.265 e. The van der Waals surface area contributed by atoms with Crippen molar-refractivity contribution in [2.75, 3.05) is 0 Å². The fourth-order valence-electron chi connectivity index (χ4n) is 1.61. The largest absolute Gasteiger partial charge is 0.364 e. The molecule has 2 aromatic rings. The summed E-state index contributed by atoms with van der Waals surface area (Å²) in [4.78, 5) is 11.1. The van der Waals surface area contributed by atoms with Crippen molar-refractivity contribution in [2.24, 2.45) is 5.73 Å². The van der Waals surface area contributed by atoms with Gasteiger partial charge in [0.25, 0.3) is 5.91 Å². The Hall–Kier alpha value is -2.10. The van der Waals surface area contributed by atoms with Crippen LogP contribution >= 0.6 is 0 Å². The summed E-state index contributed by atoms with van der Waals surface area (Å²) in [5.41, 5.74) is 6.42. The van der Waals surface area contributed by atoms with Crippen molar-refractivity contribution in [1.82, 2.24) is 4.57 Å². The molecule has 0 atom stereocenters. The minimum absolute atomic E-state index is 0.287. The first kappa shape index (κ1) is 10.4. The molecule has 0 aliphatic heterocycles. The molecule has 2 N–H and O–H groups in total. The van der Waals surface area contributed by atoms with Gasteiger partial charge in [-0.2, -0.15) is 0 Å². The van der Waals surface area contributed by atoms with Crippen molar-refractivity contribution in [2.45, 2.75) is 6.54 Å². The zero-order valence-electron chi connectivity index (χ0n) is 8.56. The Balaban J connectivity index is 2.27. The summed E-state index contributed by atoms with van der Waals surface area (Å²) in [7, 11) is 0. The summed E-state index contributed by atoms with van der Waals surface area (Å²) in [5, 5.41) is 0. The van der Waals surface area contributed by atoms with Gasteiger partial charge in [0.2, 0.25) is 0 Å². The van der Waals surface area contributed by atoms with Crippen LogP contribution in [0.3, 0.4) is 0 Å². The van der Waals surface area contributed by atoms with Crippen molar-refractivity contribution < 1.29 is 9.18 Å². The van der Waals surface area contributed by atoms with Crippen molar-refractivity contribution in [1.29, 1.82) is 0 Å². The molecule has 0 bridgehead atoms. The second-order valence-corrected chi connectivity index (χ2v) is 3.52. The molecule has 0 fully saturated rings. The Morgan fingerprint density at radius 3 is 2.81 bits per heavy atom. The summed E-state index contributed by atoms with van der Waals surface area (Å²) in [6, 6.07) is 9.63. The molecule has 1 heterocycles. The number of rotatable bonds is 3. The molecule has 0 radical (unpaired) electrons. The Labute approximate surface area is 92.3 Å². The standard InChI is InChI=1S/C12H11FN2O/c13-10-4-1-3-9(7-10)8-15-6-2-5-11(15)12(14)16/h1-7H,8H2,(H2,14,16). The van der Waals surface area contributed by atoms with Gasteiger partial charge in [0.1, 0.15) is 11.5 Å². The van der Waals surface area contributed by atoms with Crippen LogP contribution in [0.2, 0.25) is 0 Å². The monoisotopic (exact) mass is 218 g/mol. The van der Waals surface area contributed by atoms with Crippen molar-refractivity contribution in [3.05, 3.63) is 59.7 Å². The quantitative estimate of drug-likeness (QED) is 0.838. The zero-order chi connectivity index (χ0) is 11.5. The predicted molar refractivity (Wildman–Crippen MR) is 58.5 cm³/mol. The molecule has 82 valence electrons. The number of carbonyl (C=O) groups excluding carboxylic acids is 1. The van der Waals surface area contributed by atoms with Gasteiger partial charge in [-0.1, -0.05) is 12.1 Å². The Morgan fingerprint density at radius 2 is 2.12 bits per heavy atom. The number of amides is 1. The maximum atomic E-state index is 13.0. The molecule has 0 unspecified atom stereocenters. The summed E-state index contributed by atoms with van der Waals surface area (Å²) in [6.45, 7) is 0.434. The van der Waals surface area contributed by atoms with Gasteiger partial charge in [0.05, 0.1) is 0 Å². The van der Waals surface area contributed by atoms with E-state index in [1.807, 2.05) is 0 Å². The van der Waals surface area contributed by atoms with Crippen molar-refractivity contribution >= 4 is 5.91 Å². The highest BCUT2D eigenvalue weighted by Crippen LogP contribution is 2.09. The third-order valence-electron chi connectivity index (χ3n) is 2.32. The number of benzene rings is 1. The van der Waals surface area contributed by atoms with Crippen LogP contribution in [0.15, 0.2) is 42.6 Å². The first-order valence-corrected chi connectivity index (χ1v) is 4.86. The molecule has 0 aliphatic rings. The summed E-state index contributed by atoms with van der Waals surface area (Å²) >= 11 is 0. The van der Waals surface area contributed by atoms with Gasteiger partial charge in [-0.05, 0) is 29.8 Å². The molecular weight excluding hydrogens is 207 g/mol. The number of primary amides is 1. The molecule has 1 amide bonds. The molecule has 16 heavy (non-hydrogen) atoms. The SMILES string of the molecule is NC(=O)c1cccn1Cc1cccc(F)c1. The van der Waals surface area contributed by atoms with Gasteiger partial charge in [0.15, 0.2) is 0 Å². The maximum Gasteiger partial charge on any atom is 0.265 e. The van der Waals surface area contributed by atoms with Crippen LogP contribution in [-0.2, 0) is 6.54 Å². The lowest BCUT2D eigenvalue weighted by atomic mass is 10.2. The third kappa shape index (κ3) is 2.11. The Bertz CT molecular complexity index is 519. The van der Waals surface area contributed by atoms with Crippen LogP contribution in [0.1, 0.15) is 16.1 Å². The van der Waals surface area contributed by atoms with Crippen LogP contribution in [0, 0.1) is 5.82 Å².